The summed E-state index contributed by atoms with van der Waals surface area (Å²) in [5, 5.41) is 3.61. The van der Waals surface area contributed by atoms with E-state index in [1.807, 2.05) is 6.92 Å². The lowest BCUT2D eigenvalue weighted by Crippen LogP contribution is -2.44. The van der Waals surface area contributed by atoms with Crippen molar-refractivity contribution in [3.8, 4) is 0 Å². The molecule has 1 N–H and O–H groups in total. The van der Waals surface area contributed by atoms with Crippen molar-refractivity contribution >= 4 is 0 Å². The van der Waals surface area contributed by atoms with Crippen molar-refractivity contribution in [3.05, 3.63) is 17.8 Å². The number of rotatable bonds is 3. The van der Waals surface area contributed by atoms with Gasteiger partial charge in [-0.1, -0.05) is 6.42 Å². The highest BCUT2D eigenvalue weighted by atomic mass is 16.4. The first-order valence-electron chi connectivity index (χ1n) is 6.71. The normalized spacial score (nSPS) is 29.5. The van der Waals surface area contributed by atoms with E-state index in [2.05, 4.69) is 15.2 Å². The van der Waals surface area contributed by atoms with Gasteiger partial charge < -0.3 is 9.73 Å². The van der Waals surface area contributed by atoms with Crippen LogP contribution in [0.2, 0.25) is 0 Å². The largest absolute Gasteiger partial charge is 0.445 e. The van der Waals surface area contributed by atoms with Gasteiger partial charge in [-0.25, -0.2) is 4.98 Å². The van der Waals surface area contributed by atoms with E-state index in [4.69, 9.17) is 4.42 Å². The lowest BCUT2D eigenvalue weighted by Gasteiger charge is -2.32. The second-order valence-corrected chi connectivity index (χ2v) is 5.24. The summed E-state index contributed by atoms with van der Waals surface area (Å²) in [6.07, 6.45) is 7.17. The molecule has 2 aliphatic rings. The van der Waals surface area contributed by atoms with Crippen LogP contribution in [-0.4, -0.2) is 35.1 Å². The van der Waals surface area contributed by atoms with Gasteiger partial charge in [-0.05, 0) is 32.7 Å². The highest BCUT2D eigenvalue weighted by Gasteiger charge is 2.35. The van der Waals surface area contributed by atoms with E-state index in [0.29, 0.717) is 6.04 Å². The molecule has 2 atom stereocenters. The smallest absolute Gasteiger partial charge is 0.208 e. The summed E-state index contributed by atoms with van der Waals surface area (Å²) < 4.78 is 5.49. The second kappa shape index (κ2) is 4.78. The topological polar surface area (TPSA) is 41.3 Å². The summed E-state index contributed by atoms with van der Waals surface area (Å²) in [7, 11) is 0. The van der Waals surface area contributed by atoms with Gasteiger partial charge >= 0.3 is 0 Å². The van der Waals surface area contributed by atoms with Crippen LogP contribution in [0.4, 0.5) is 0 Å². The molecular weight excluding hydrogens is 214 g/mol. The molecule has 2 aliphatic heterocycles. The van der Waals surface area contributed by atoms with Gasteiger partial charge in [0.05, 0.1) is 12.7 Å². The van der Waals surface area contributed by atoms with Crippen LogP contribution in [0.1, 0.15) is 37.3 Å². The minimum Gasteiger partial charge on any atom is -0.445 e. The summed E-state index contributed by atoms with van der Waals surface area (Å²) in [5.74, 6) is 1.71. The third kappa shape index (κ3) is 2.38. The zero-order chi connectivity index (χ0) is 11.7. The van der Waals surface area contributed by atoms with Crippen LogP contribution < -0.4 is 5.32 Å². The Labute approximate surface area is 102 Å². The molecule has 2 fully saturated rings. The summed E-state index contributed by atoms with van der Waals surface area (Å²) in [5.41, 5.74) is 0. The van der Waals surface area contributed by atoms with E-state index in [9.17, 15) is 0 Å². The van der Waals surface area contributed by atoms with E-state index < -0.39 is 0 Å². The standard InChI is InChI=1S/C13H21N3O/c1-10-8-15-13(17-10)9-14-11-5-7-16-6-3-2-4-12(11)16/h8,11-12,14H,2-7,9H2,1H3. The summed E-state index contributed by atoms with van der Waals surface area (Å²) in [6.45, 7) is 5.26. The first-order chi connectivity index (χ1) is 8.33. The minimum atomic E-state index is 0.627. The molecule has 1 aromatic rings. The second-order valence-electron chi connectivity index (χ2n) is 5.24. The molecule has 0 radical (unpaired) electrons. The number of nitrogens with one attached hydrogen (secondary N) is 1. The average Bonchev–Trinajstić information content (AvgIpc) is 2.93. The van der Waals surface area contributed by atoms with Gasteiger partial charge in [0.15, 0.2) is 0 Å². The molecule has 2 saturated heterocycles. The molecule has 0 bridgehead atoms. The number of aryl methyl sites for hydroxylation is 1. The number of hydrogen-bond acceptors (Lipinski definition) is 4. The molecule has 4 nitrogen and oxygen atoms in total. The van der Waals surface area contributed by atoms with Gasteiger partial charge in [0.25, 0.3) is 0 Å². The summed E-state index contributed by atoms with van der Waals surface area (Å²) >= 11 is 0. The van der Waals surface area contributed by atoms with E-state index in [-0.39, 0.29) is 0 Å². The molecule has 1 aromatic heterocycles. The third-order valence-electron chi connectivity index (χ3n) is 4.04. The molecule has 0 amide bonds. The first kappa shape index (κ1) is 11.2. The van der Waals surface area contributed by atoms with Crippen LogP contribution in [0.25, 0.3) is 0 Å². The Kier molecular flexibility index (Phi) is 3.16. The quantitative estimate of drug-likeness (QED) is 0.866. The molecule has 0 aliphatic carbocycles. The van der Waals surface area contributed by atoms with Gasteiger partial charge in [0.1, 0.15) is 5.76 Å². The number of nitrogens with zero attached hydrogens (tertiary/aromatic N) is 2. The van der Waals surface area contributed by atoms with Crippen LogP contribution in [0.15, 0.2) is 10.6 Å². The Balaban J connectivity index is 1.55. The molecule has 4 heteroatoms. The number of aromatic nitrogens is 1. The number of hydrogen-bond donors (Lipinski definition) is 1. The van der Waals surface area contributed by atoms with E-state index in [1.165, 1.54) is 38.8 Å². The van der Waals surface area contributed by atoms with Crippen molar-refractivity contribution in [2.24, 2.45) is 0 Å². The molecule has 3 heterocycles. The Morgan fingerprint density at radius 2 is 2.35 bits per heavy atom. The highest BCUT2D eigenvalue weighted by molar-refractivity contribution is 4.96. The Hall–Kier alpha value is -0.870. The van der Waals surface area contributed by atoms with Crippen LogP contribution in [0, 0.1) is 6.92 Å². The first-order valence-corrected chi connectivity index (χ1v) is 6.71. The molecule has 2 unspecified atom stereocenters. The molecule has 0 aromatic carbocycles. The summed E-state index contributed by atoms with van der Waals surface area (Å²) in [6, 6.07) is 1.38. The van der Waals surface area contributed by atoms with Crippen molar-refractivity contribution in [3.63, 3.8) is 0 Å². The SMILES string of the molecule is Cc1cnc(CNC2CCN3CCCCC23)o1. The average molecular weight is 235 g/mol. The maximum absolute atomic E-state index is 5.49. The lowest BCUT2D eigenvalue weighted by molar-refractivity contribution is 0.179. The van der Waals surface area contributed by atoms with Crippen molar-refractivity contribution in [2.75, 3.05) is 13.1 Å². The maximum atomic E-state index is 5.49. The molecule has 0 saturated carbocycles. The zero-order valence-electron chi connectivity index (χ0n) is 10.5. The predicted octanol–water partition coefficient (Wildman–Crippen LogP) is 1.70. The molecule has 17 heavy (non-hydrogen) atoms. The maximum Gasteiger partial charge on any atom is 0.208 e. The van der Waals surface area contributed by atoms with E-state index in [0.717, 1.165) is 24.2 Å². The van der Waals surface area contributed by atoms with Gasteiger partial charge in [-0.15, -0.1) is 0 Å². The van der Waals surface area contributed by atoms with Crippen LogP contribution in [-0.2, 0) is 6.54 Å². The van der Waals surface area contributed by atoms with Crippen molar-refractivity contribution in [1.82, 2.24) is 15.2 Å². The molecule has 3 rings (SSSR count). The van der Waals surface area contributed by atoms with Crippen molar-refractivity contribution in [1.29, 1.82) is 0 Å². The van der Waals surface area contributed by atoms with Gasteiger partial charge in [-0.2, -0.15) is 0 Å². The Morgan fingerprint density at radius 3 is 3.18 bits per heavy atom. The van der Waals surface area contributed by atoms with Crippen LogP contribution >= 0.6 is 0 Å². The summed E-state index contributed by atoms with van der Waals surface area (Å²) in [4.78, 5) is 6.88. The van der Waals surface area contributed by atoms with Gasteiger partial charge in [0.2, 0.25) is 5.89 Å². The zero-order valence-corrected chi connectivity index (χ0v) is 10.5. The highest BCUT2D eigenvalue weighted by Crippen LogP contribution is 2.27. The van der Waals surface area contributed by atoms with E-state index >= 15 is 0 Å². The monoisotopic (exact) mass is 235 g/mol. The minimum absolute atomic E-state index is 0.627. The third-order valence-corrected chi connectivity index (χ3v) is 4.04. The van der Waals surface area contributed by atoms with Gasteiger partial charge in [-0.3, -0.25) is 4.90 Å². The molecule has 94 valence electrons. The Morgan fingerprint density at radius 1 is 1.41 bits per heavy atom. The predicted molar refractivity (Wildman–Crippen MR) is 65.7 cm³/mol. The fourth-order valence-corrected chi connectivity index (χ4v) is 3.19. The van der Waals surface area contributed by atoms with Crippen LogP contribution in [0.3, 0.4) is 0 Å². The number of oxazole rings is 1. The lowest BCUT2D eigenvalue weighted by atomic mass is 9.99. The van der Waals surface area contributed by atoms with E-state index in [1.54, 1.807) is 6.20 Å². The fourth-order valence-electron chi connectivity index (χ4n) is 3.19. The Bertz CT molecular complexity index is 376. The van der Waals surface area contributed by atoms with Crippen molar-refractivity contribution in [2.45, 2.75) is 51.2 Å². The van der Waals surface area contributed by atoms with Crippen LogP contribution in [0.5, 0.6) is 0 Å². The number of fused-ring (bicyclic) bond motifs is 1. The number of piperidine rings is 1. The van der Waals surface area contributed by atoms with Gasteiger partial charge in [0, 0.05) is 18.6 Å². The van der Waals surface area contributed by atoms with Crippen molar-refractivity contribution < 1.29 is 4.42 Å². The molecule has 0 spiro atoms. The fraction of sp³-hybridized carbons (Fsp3) is 0.769. The molecular formula is C13H21N3O.